The summed E-state index contributed by atoms with van der Waals surface area (Å²) in [6.45, 7) is 1.26. The summed E-state index contributed by atoms with van der Waals surface area (Å²) in [6.07, 6.45) is -0.181. The van der Waals surface area contributed by atoms with E-state index < -0.39 is 5.91 Å². The molecule has 1 amide bonds. The highest BCUT2D eigenvalue weighted by Gasteiger charge is 2.17. The van der Waals surface area contributed by atoms with Crippen LogP contribution in [-0.4, -0.2) is 19.1 Å². The summed E-state index contributed by atoms with van der Waals surface area (Å²) in [5.74, 6) is 5.15. The van der Waals surface area contributed by atoms with Crippen molar-refractivity contribution in [2.24, 2.45) is 5.73 Å². The first-order valence-corrected chi connectivity index (χ1v) is 5.36. The molecule has 0 aliphatic carbocycles. The number of hydrogen-bond acceptors (Lipinski definition) is 3. The van der Waals surface area contributed by atoms with Crippen molar-refractivity contribution in [2.45, 2.75) is 12.7 Å². The Labute approximate surface area is 99.7 Å². The quantitative estimate of drug-likeness (QED) is 0.771. The number of benzene rings is 1. The van der Waals surface area contributed by atoms with Crippen LogP contribution in [0.1, 0.15) is 23.8 Å². The molecular formula is C13H13NO3. The number of nitrogens with two attached hydrogens (primary N) is 1. The van der Waals surface area contributed by atoms with Crippen LogP contribution in [0, 0.1) is 11.8 Å². The van der Waals surface area contributed by atoms with Gasteiger partial charge in [0.25, 0.3) is 0 Å². The largest absolute Gasteiger partial charge is 0.369 e. The number of ether oxygens (including phenoxy) is 2. The third-order valence-corrected chi connectivity index (χ3v) is 2.30. The minimum atomic E-state index is -0.415. The molecule has 1 saturated heterocycles. The summed E-state index contributed by atoms with van der Waals surface area (Å²) in [6, 6.07) is 7.55. The van der Waals surface area contributed by atoms with E-state index in [4.69, 9.17) is 15.2 Å². The second-order valence-corrected chi connectivity index (χ2v) is 3.64. The Balaban J connectivity index is 2.01. The number of amides is 1. The number of carbonyl (C=O) groups is 1. The minimum absolute atomic E-state index is 0.0800. The van der Waals surface area contributed by atoms with Gasteiger partial charge in [0.2, 0.25) is 5.91 Å². The van der Waals surface area contributed by atoms with E-state index in [1.165, 1.54) is 0 Å². The van der Waals surface area contributed by atoms with Gasteiger partial charge in [-0.3, -0.25) is 4.79 Å². The molecule has 0 saturated carbocycles. The molecule has 2 N–H and O–H groups in total. The Bertz CT molecular complexity index is 450. The van der Waals surface area contributed by atoms with E-state index in [0.717, 1.165) is 11.1 Å². The van der Waals surface area contributed by atoms with Gasteiger partial charge in [-0.15, -0.1) is 0 Å². The molecule has 4 heteroatoms. The van der Waals surface area contributed by atoms with E-state index in [0.29, 0.717) is 13.2 Å². The fourth-order valence-corrected chi connectivity index (χ4v) is 1.51. The third-order valence-electron chi connectivity index (χ3n) is 2.30. The fourth-order valence-electron chi connectivity index (χ4n) is 1.51. The zero-order chi connectivity index (χ0) is 12.1. The van der Waals surface area contributed by atoms with Crippen molar-refractivity contribution in [1.29, 1.82) is 0 Å². The van der Waals surface area contributed by atoms with Gasteiger partial charge in [-0.25, -0.2) is 0 Å². The number of hydrogen-bond donors (Lipinski definition) is 1. The molecule has 17 heavy (non-hydrogen) atoms. The molecule has 1 aliphatic heterocycles. The average molecular weight is 231 g/mol. The number of carbonyl (C=O) groups excluding carboxylic acids is 1. The number of primary amides is 1. The summed E-state index contributed by atoms with van der Waals surface area (Å²) in [4.78, 5) is 10.5. The molecule has 0 aromatic heterocycles. The Morgan fingerprint density at radius 3 is 2.53 bits per heavy atom. The molecule has 1 aliphatic rings. The smallest absolute Gasteiger partial charge is 0.229 e. The molecule has 0 bridgehead atoms. The molecular weight excluding hydrogens is 218 g/mol. The van der Waals surface area contributed by atoms with E-state index in [2.05, 4.69) is 11.8 Å². The van der Waals surface area contributed by atoms with Crippen molar-refractivity contribution in [1.82, 2.24) is 0 Å². The molecule has 1 fully saturated rings. The van der Waals surface area contributed by atoms with Gasteiger partial charge in [0, 0.05) is 11.1 Å². The van der Waals surface area contributed by atoms with Crippen LogP contribution in [0.3, 0.4) is 0 Å². The first kappa shape index (κ1) is 11.6. The first-order valence-electron chi connectivity index (χ1n) is 5.36. The van der Waals surface area contributed by atoms with Crippen LogP contribution in [0.25, 0.3) is 0 Å². The highest BCUT2D eigenvalue weighted by molar-refractivity contribution is 5.76. The van der Waals surface area contributed by atoms with E-state index in [1.54, 1.807) is 0 Å². The van der Waals surface area contributed by atoms with Crippen molar-refractivity contribution < 1.29 is 14.3 Å². The maximum absolute atomic E-state index is 10.5. The average Bonchev–Trinajstić information content (AvgIpc) is 2.83. The number of rotatable bonds is 2. The minimum Gasteiger partial charge on any atom is -0.369 e. The van der Waals surface area contributed by atoms with Crippen molar-refractivity contribution in [3.05, 3.63) is 35.4 Å². The van der Waals surface area contributed by atoms with Gasteiger partial charge < -0.3 is 15.2 Å². The van der Waals surface area contributed by atoms with Gasteiger partial charge in [0.15, 0.2) is 6.29 Å². The third kappa shape index (κ3) is 3.31. The van der Waals surface area contributed by atoms with Crippen LogP contribution < -0.4 is 5.73 Å². The second-order valence-electron chi connectivity index (χ2n) is 3.64. The molecule has 0 unspecified atom stereocenters. The lowest BCUT2D eigenvalue weighted by atomic mass is 10.1. The Morgan fingerprint density at radius 2 is 1.94 bits per heavy atom. The summed E-state index contributed by atoms with van der Waals surface area (Å²) in [5, 5.41) is 0. The topological polar surface area (TPSA) is 61.6 Å². The fraction of sp³-hybridized carbons (Fsp3) is 0.308. The molecule has 88 valence electrons. The van der Waals surface area contributed by atoms with E-state index in [9.17, 15) is 4.79 Å². The molecule has 1 heterocycles. The zero-order valence-electron chi connectivity index (χ0n) is 9.31. The predicted octanol–water partition coefficient (Wildman–Crippen LogP) is 0.959. The Hall–Kier alpha value is -1.83. The summed E-state index contributed by atoms with van der Waals surface area (Å²) < 4.78 is 10.7. The SMILES string of the molecule is NC(=O)CC#Cc1ccc(C2OCCO2)cc1. The van der Waals surface area contributed by atoms with Gasteiger partial charge in [0.05, 0.1) is 19.6 Å². The van der Waals surface area contributed by atoms with Crippen LogP contribution in [0.5, 0.6) is 0 Å². The highest BCUT2D eigenvalue weighted by Crippen LogP contribution is 2.22. The molecule has 1 aromatic carbocycles. The van der Waals surface area contributed by atoms with Crippen LogP contribution in [0.4, 0.5) is 0 Å². The van der Waals surface area contributed by atoms with E-state index in [-0.39, 0.29) is 12.7 Å². The lowest BCUT2D eigenvalue weighted by Crippen LogP contribution is -2.08. The van der Waals surface area contributed by atoms with Crippen molar-refractivity contribution >= 4 is 5.91 Å². The predicted molar refractivity (Wildman–Crippen MR) is 61.8 cm³/mol. The second kappa shape index (κ2) is 5.48. The van der Waals surface area contributed by atoms with E-state index in [1.807, 2.05) is 24.3 Å². The first-order chi connectivity index (χ1) is 8.25. The molecule has 4 nitrogen and oxygen atoms in total. The Kier molecular flexibility index (Phi) is 3.76. The van der Waals surface area contributed by atoms with Gasteiger partial charge in [-0.05, 0) is 12.1 Å². The standard InChI is InChI=1S/C13H13NO3/c14-12(15)3-1-2-10-4-6-11(7-5-10)13-16-8-9-17-13/h4-7,13H,3,8-9H2,(H2,14,15). The summed E-state index contributed by atoms with van der Waals surface area (Å²) >= 11 is 0. The van der Waals surface area contributed by atoms with Crippen LogP contribution in [0.2, 0.25) is 0 Å². The highest BCUT2D eigenvalue weighted by atomic mass is 16.7. The molecule has 0 radical (unpaired) electrons. The maximum Gasteiger partial charge on any atom is 0.229 e. The monoisotopic (exact) mass is 231 g/mol. The molecule has 0 spiro atoms. The van der Waals surface area contributed by atoms with Gasteiger partial charge >= 0.3 is 0 Å². The van der Waals surface area contributed by atoms with Crippen molar-refractivity contribution in [3.63, 3.8) is 0 Å². The maximum atomic E-state index is 10.5. The van der Waals surface area contributed by atoms with Gasteiger partial charge in [-0.1, -0.05) is 24.0 Å². The van der Waals surface area contributed by atoms with Crippen molar-refractivity contribution in [2.75, 3.05) is 13.2 Å². The van der Waals surface area contributed by atoms with Gasteiger partial charge in [-0.2, -0.15) is 0 Å². The molecule has 0 atom stereocenters. The normalized spacial score (nSPS) is 15.3. The van der Waals surface area contributed by atoms with Crippen LogP contribution >= 0.6 is 0 Å². The Morgan fingerprint density at radius 1 is 1.29 bits per heavy atom. The lowest BCUT2D eigenvalue weighted by molar-refractivity contribution is -0.117. The summed E-state index contributed by atoms with van der Waals surface area (Å²) in [7, 11) is 0. The van der Waals surface area contributed by atoms with Crippen LogP contribution in [0.15, 0.2) is 24.3 Å². The molecule has 1 aromatic rings. The van der Waals surface area contributed by atoms with Gasteiger partial charge in [0.1, 0.15) is 0 Å². The summed E-state index contributed by atoms with van der Waals surface area (Å²) in [5.41, 5.74) is 6.80. The lowest BCUT2D eigenvalue weighted by Gasteiger charge is -2.08. The van der Waals surface area contributed by atoms with Crippen molar-refractivity contribution in [3.8, 4) is 11.8 Å². The zero-order valence-corrected chi connectivity index (χ0v) is 9.31. The van der Waals surface area contributed by atoms with E-state index >= 15 is 0 Å². The van der Waals surface area contributed by atoms with Crippen LogP contribution in [-0.2, 0) is 14.3 Å². The molecule has 2 rings (SSSR count).